The molecule has 134 valence electrons. The van der Waals surface area contributed by atoms with Gasteiger partial charge in [0.1, 0.15) is 0 Å². The van der Waals surface area contributed by atoms with Crippen LogP contribution in [0.1, 0.15) is 48.9 Å². The lowest BCUT2D eigenvalue weighted by molar-refractivity contribution is -0.183. The van der Waals surface area contributed by atoms with Crippen molar-refractivity contribution in [3.8, 4) is 0 Å². The molecule has 1 unspecified atom stereocenters. The monoisotopic (exact) mass is 350 g/mol. The molecule has 0 saturated heterocycles. The van der Waals surface area contributed by atoms with E-state index in [0.29, 0.717) is 37.0 Å². The lowest BCUT2D eigenvalue weighted by atomic mass is 9.45. The molecule has 0 N–H and O–H groups in total. The number of carbonyl (C=O) groups is 2. The first kappa shape index (κ1) is 16.8. The topological polar surface area (TPSA) is 34.1 Å². The van der Waals surface area contributed by atoms with E-state index in [4.69, 9.17) is 0 Å². The number of hydrogen-bond donors (Lipinski definition) is 0. The van der Waals surface area contributed by atoms with E-state index in [1.807, 2.05) is 0 Å². The number of halogens is 3. The van der Waals surface area contributed by atoms with Gasteiger partial charge in [-0.3, -0.25) is 9.59 Å². The molecule has 0 aromatic heterocycles. The first-order valence-corrected chi connectivity index (χ1v) is 8.99. The number of ketones is 2. The van der Waals surface area contributed by atoms with Crippen LogP contribution in [0.2, 0.25) is 0 Å². The van der Waals surface area contributed by atoms with Crippen LogP contribution in [0.4, 0.5) is 13.2 Å². The zero-order valence-corrected chi connectivity index (χ0v) is 13.9. The highest BCUT2D eigenvalue weighted by Crippen LogP contribution is 2.63. The minimum absolute atomic E-state index is 0.209. The average Bonchev–Trinajstić information content (AvgIpc) is 2.53. The van der Waals surface area contributed by atoms with Crippen LogP contribution in [0.3, 0.4) is 0 Å². The number of carbonyl (C=O) groups excluding carboxylic acids is 2. The molecule has 0 spiro atoms. The highest BCUT2D eigenvalue weighted by Gasteiger charge is 2.61. The molecule has 4 aliphatic carbocycles. The van der Waals surface area contributed by atoms with E-state index < -0.39 is 29.1 Å². The van der Waals surface area contributed by atoms with E-state index in [1.165, 1.54) is 12.1 Å². The minimum Gasteiger partial charge on any atom is -0.293 e. The Kier molecular flexibility index (Phi) is 3.82. The van der Waals surface area contributed by atoms with Gasteiger partial charge in [0.15, 0.2) is 5.78 Å². The van der Waals surface area contributed by atoms with Crippen molar-refractivity contribution in [2.45, 2.75) is 44.7 Å². The molecule has 0 amide bonds. The maximum atomic E-state index is 13.4. The maximum absolute atomic E-state index is 13.4. The van der Waals surface area contributed by atoms with E-state index in [2.05, 4.69) is 0 Å². The molecule has 5 heteroatoms. The zero-order valence-electron chi connectivity index (χ0n) is 13.9. The summed E-state index contributed by atoms with van der Waals surface area (Å²) >= 11 is 0. The normalized spacial score (nSPS) is 34.8. The van der Waals surface area contributed by atoms with Crippen molar-refractivity contribution < 1.29 is 22.8 Å². The molecule has 1 aromatic carbocycles. The predicted molar refractivity (Wildman–Crippen MR) is 85.9 cm³/mol. The fourth-order valence-electron chi connectivity index (χ4n) is 6.14. The molecule has 5 rings (SSSR count). The number of rotatable bonds is 4. The molecule has 4 bridgehead atoms. The first-order chi connectivity index (χ1) is 11.8. The Morgan fingerprint density at radius 1 is 0.920 bits per heavy atom. The van der Waals surface area contributed by atoms with Crippen molar-refractivity contribution in [2.24, 2.45) is 29.1 Å². The van der Waals surface area contributed by atoms with Crippen molar-refractivity contribution in [3.05, 3.63) is 35.9 Å². The first-order valence-electron chi connectivity index (χ1n) is 8.99. The van der Waals surface area contributed by atoms with Crippen LogP contribution in [-0.4, -0.2) is 17.7 Å². The number of Topliss-reactive ketones (excluding diaryl/α,β-unsaturated/α-hetero) is 2. The average molecular weight is 350 g/mol. The molecular weight excluding hydrogens is 329 g/mol. The van der Waals surface area contributed by atoms with Gasteiger partial charge in [-0.2, -0.15) is 13.2 Å². The van der Waals surface area contributed by atoms with Crippen LogP contribution >= 0.6 is 0 Å². The second-order valence-electron chi connectivity index (χ2n) is 8.31. The third-order valence-corrected chi connectivity index (χ3v) is 6.56. The van der Waals surface area contributed by atoms with E-state index in [9.17, 15) is 22.8 Å². The minimum atomic E-state index is -4.97. The van der Waals surface area contributed by atoms with Crippen molar-refractivity contribution >= 4 is 11.6 Å². The number of hydrogen-bond acceptors (Lipinski definition) is 2. The Hall–Kier alpha value is -1.65. The van der Waals surface area contributed by atoms with Gasteiger partial charge in [-0.25, -0.2) is 0 Å². The van der Waals surface area contributed by atoms with Gasteiger partial charge in [0.05, 0.1) is 5.92 Å². The van der Waals surface area contributed by atoms with Gasteiger partial charge in [-0.15, -0.1) is 0 Å². The highest BCUT2D eigenvalue weighted by atomic mass is 19.4. The van der Waals surface area contributed by atoms with Gasteiger partial charge in [0.2, 0.25) is 5.78 Å². The second kappa shape index (κ2) is 5.68. The SMILES string of the molecule is O=C(c1ccccc1)C(C(=O)C(F)(F)F)C12CC3CC(CC(C3)C1)C2. The summed E-state index contributed by atoms with van der Waals surface area (Å²) in [5, 5.41) is 0. The van der Waals surface area contributed by atoms with Crippen LogP contribution in [0.5, 0.6) is 0 Å². The van der Waals surface area contributed by atoms with E-state index in [1.54, 1.807) is 18.2 Å². The summed E-state index contributed by atoms with van der Waals surface area (Å²) in [6, 6.07) is 7.99. The lowest BCUT2D eigenvalue weighted by Gasteiger charge is -2.58. The standard InChI is InChI=1S/C20H21F3O2/c21-20(22,23)18(25)16(17(24)15-4-2-1-3-5-15)19-9-12-6-13(10-19)8-14(7-12)11-19/h1-5,12-14,16H,6-11H2. The van der Waals surface area contributed by atoms with E-state index in [-0.39, 0.29) is 5.56 Å². The quantitative estimate of drug-likeness (QED) is 0.575. The Bertz CT molecular complexity index is 657. The summed E-state index contributed by atoms with van der Waals surface area (Å²) in [5.74, 6) is -2.95. The van der Waals surface area contributed by atoms with Crippen molar-refractivity contribution in [1.82, 2.24) is 0 Å². The summed E-state index contributed by atoms with van der Waals surface area (Å²) in [7, 11) is 0. The molecule has 4 fully saturated rings. The molecule has 25 heavy (non-hydrogen) atoms. The highest BCUT2D eigenvalue weighted by molar-refractivity contribution is 6.12. The second-order valence-corrected chi connectivity index (χ2v) is 8.31. The van der Waals surface area contributed by atoms with Gasteiger partial charge < -0.3 is 0 Å². The number of alkyl halides is 3. The fraction of sp³-hybridized carbons (Fsp3) is 0.600. The van der Waals surface area contributed by atoms with E-state index >= 15 is 0 Å². The zero-order chi connectivity index (χ0) is 17.8. The van der Waals surface area contributed by atoms with Gasteiger partial charge in [-0.05, 0) is 61.7 Å². The molecule has 4 saturated carbocycles. The molecular formula is C20H21F3O2. The molecule has 1 aromatic rings. The molecule has 4 aliphatic rings. The molecule has 2 nitrogen and oxygen atoms in total. The van der Waals surface area contributed by atoms with Crippen LogP contribution in [0.15, 0.2) is 30.3 Å². The Morgan fingerprint density at radius 2 is 1.40 bits per heavy atom. The van der Waals surface area contributed by atoms with Crippen LogP contribution in [0, 0.1) is 29.1 Å². The summed E-state index contributed by atoms with van der Waals surface area (Å²) in [4.78, 5) is 25.4. The molecule has 0 aliphatic heterocycles. The molecule has 1 atom stereocenters. The summed E-state index contributed by atoms with van der Waals surface area (Å²) in [6.45, 7) is 0. The van der Waals surface area contributed by atoms with Crippen molar-refractivity contribution in [3.63, 3.8) is 0 Å². The Balaban J connectivity index is 1.76. The lowest BCUT2D eigenvalue weighted by Crippen LogP contribution is -2.55. The van der Waals surface area contributed by atoms with Gasteiger partial charge in [0.25, 0.3) is 0 Å². The Morgan fingerprint density at radius 3 is 1.84 bits per heavy atom. The number of benzene rings is 1. The summed E-state index contributed by atoms with van der Waals surface area (Å²) in [6.07, 6.45) is -0.0697. The van der Waals surface area contributed by atoms with Gasteiger partial charge >= 0.3 is 6.18 Å². The van der Waals surface area contributed by atoms with Crippen LogP contribution in [-0.2, 0) is 4.79 Å². The summed E-state index contributed by atoms with van der Waals surface area (Å²) in [5.41, 5.74) is -0.588. The van der Waals surface area contributed by atoms with Gasteiger partial charge in [0, 0.05) is 5.56 Å². The largest absolute Gasteiger partial charge is 0.450 e. The fourth-order valence-corrected chi connectivity index (χ4v) is 6.14. The van der Waals surface area contributed by atoms with Crippen molar-refractivity contribution in [1.29, 1.82) is 0 Å². The van der Waals surface area contributed by atoms with Crippen molar-refractivity contribution in [2.75, 3.05) is 0 Å². The summed E-state index contributed by atoms with van der Waals surface area (Å²) < 4.78 is 40.1. The third kappa shape index (κ3) is 2.81. The van der Waals surface area contributed by atoms with Crippen LogP contribution < -0.4 is 0 Å². The van der Waals surface area contributed by atoms with Crippen LogP contribution in [0.25, 0.3) is 0 Å². The maximum Gasteiger partial charge on any atom is 0.450 e. The third-order valence-electron chi connectivity index (χ3n) is 6.56. The van der Waals surface area contributed by atoms with E-state index in [0.717, 1.165) is 19.3 Å². The predicted octanol–water partition coefficient (Wildman–Crippen LogP) is 4.83. The van der Waals surface area contributed by atoms with Gasteiger partial charge in [-0.1, -0.05) is 30.3 Å². The molecule has 0 heterocycles. The Labute approximate surface area is 144 Å². The smallest absolute Gasteiger partial charge is 0.293 e. The molecule has 0 radical (unpaired) electrons.